The minimum Gasteiger partial charge on any atom is -0.339 e. The molecule has 4 aromatic rings. The van der Waals surface area contributed by atoms with Gasteiger partial charge in [0.2, 0.25) is 0 Å². The molecule has 0 fully saturated rings. The van der Waals surface area contributed by atoms with E-state index < -0.39 is 20.0 Å². The second kappa shape index (κ2) is 9.75. The molecule has 0 saturated heterocycles. The Morgan fingerprint density at radius 3 is 2.12 bits per heavy atom. The molecule has 0 saturated carbocycles. The third-order valence-electron chi connectivity index (χ3n) is 4.66. The van der Waals surface area contributed by atoms with Gasteiger partial charge in [0.1, 0.15) is 0 Å². The van der Waals surface area contributed by atoms with Crippen molar-refractivity contribution in [3.05, 3.63) is 102 Å². The molecule has 0 aliphatic rings. The van der Waals surface area contributed by atoms with E-state index in [1.807, 2.05) is 13.0 Å². The molecule has 3 aromatic carbocycles. The number of thiazole rings is 1. The van der Waals surface area contributed by atoms with Crippen LogP contribution in [0, 0.1) is 6.92 Å². The van der Waals surface area contributed by atoms with Crippen LogP contribution in [0.2, 0.25) is 0 Å². The summed E-state index contributed by atoms with van der Waals surface area (Å²) in [5, 5.41) is 4.93. The maximum atomic E-state index is 12.9. The predicted molar refractivity (Wildman–Crippen MR) is 134 cm³/mol. The zero-order chi connectivity index (χ0) is 24.2. The van der Waals surface area contributed by atoms with Gasteiger partial charge in [-0.15, -0.1) is 15.7 Å². The number of hydrogen-bond acceptors (Lipinski definition) is 6. The lowest BCUT2D eigenvalue weighted by atomic mass is 10.2. The van der Waals surface area contributed by atoms with Crippen LogP contribution in [-0.2, 0) is 20.0 Å². The molecule has 0 amide bonds. The molecule has 0 unspecified atom stereocenters. The lowest BCUT2D eigenvalue weighted by Gasteiger charge is -2.12. The lowest BCUT2D eigenvalue weighted by Crippen LogP contribution is -2.17. The fraction of sp³-hybridized carbons (Fsp3) is 0.0435. The van der Waals surface area contributed by atoms with Gasteiger partial charge in [0.05, 0.1) is 9.79 Å². The van der Waals surface area contributed by atoms with Crippen LogP contribution in [0.15, 0.2) is 105 Å². The molecule has 1 heterocycles. The van der Waals surface area contributed by atoms with Crippen molar-refractivity contribution in [3.63, 3.8) is 0 Å². The molecule has 0 aliphatic heterocycles. The second-order valence-corrected chi connectivity index (χ2v) is 11.4. The van der Waals surface area contributed by atoms with Crippen LogP contribution >= 0.6 is 11.3 Å². The molecule has 11 heteroatoms. The van der Waals surface area contributed by atoms with Gasteiger partial charge < -0.3 is 5.32 Å². The fourth-order valence-electron chi connectivity index (χ4n) is 2.93. The molecule has 0 aliphatic carbocycles. The van der Waals surface area contributed by atoms with Crippen molar-refractivity contribution in [3.8, 4) is 0 Å². The Labute approximate surface area is 202 Å². The van der Waals surface area contributed by atoms with Crippen molar-refractivity contribution in [2.45, 2.75) is 16.7 Å². The molecule has 0 bridgehead atoms. The minimum absolute atomic E-state index is 0.0405. The van der Waals surface area contributed by atoms with Crippen LogP contribution in [0.4, 0.5) is 10.8 Å². The quantitative estimate of drug-likeness (QED) is 0.278. The number of nitrogens with one attached hydrogen (secondary N) is 2. The van der Waals surface area contributed by atoms with Crippen molar-refractivity contribution in [1.82, 2.24) is 4.98 Å². The monoisotopic (exact) mass is 512 g/mol. The molecular weight excluding hydrogens is 492 g/mol. The van der Waals surface area contributed by atoms with Gasteiger partial charge in [-0.05, 0) is 43.3 Å². The number of rotatable bonds is 7. The van der Waals surface area contributed by atoms with Gasteiger partial charge in [0.15, 0.2) is 11.0 Å². The maximum Gasteiger partial charge on any atom is 0.284 e. The number of hydrogen-bond donors (Lipinski definition) is 2. The first-order chi connectivity index (χ1) is 16.2. The molecule has 8 nitrogen and oxygen atoms in total. The van der Waals surface area contributed by atoms with Crippen LogP contribution in [0.25, 0.3) is 0 Å². The minimum atomic E-state index is -3.99. The third-order valence-corrected chi connectivity index (χ3v) is 8.12. The number of aromatic nitrogens is 1. The number of sulfonamides is 2. The summed E-state index contributed by atoms with van der Waals surface area (Å²) in [7, 11) is -7.80. The Morgan fingerprint density at radius 1 is 0.853 bits per heavy atom. The summed E-state index contributed by atoms with van der Waals surface area (Å²) in [5.41, 5.74) is 1.96. The van der Waals surface area contributed by atoms with Crippen molar-refractivity contribution in [2.24, 2.45) is 4.40 Å². The van der Waals surface area contributed by atoms with Crippen LogP contribution in [0.3, 0.4) is 0 Å². The van der Waals surface area contributed by atoms with Crippen LogP contribution < -0.4 is 10.0 Å². The number of aryl methyl sites for hydroxylation is 1. The van der Waals surface area contributed by atoms with Gasteiger partial charge in [0.25, 0.3) is 20.0 Å². The van der Waals surface area contributed by atoms with Gasteiger partial charge in [0, 0.05) is 22.8 Å². The molecule has 2 N–H and O–H groups in total. The van der Waals surface area contributed by atoms with Crippen molar-refractivity contribution < 1.29 is 16.8 Å². The molecule has 0 spiro atoms. The van der Waals surface area contributed by atoms with Gasteiger partial charge in [-0.2, -0.15) is 8.42 Å². The average Bonchev–Trinajstić information content (AvgIpc) is 3.32. The van der Waals surface area contributed by atoms with E-state index >= 15 is 0 Å². The maximum absolute atomic E-state index is 12.9. The first-order valence-electron chi connectivity index (χ1n) is 9.99. The molecule has 174 valence electrons. The molecule has 0 radical (unpaired) electrons. The summed E-state index contributed by atoms with van der Waals surface area (Å²) in [6, 6.07) is 21.1. The van der Waals surface area contributed by atoms with E-state index in [4.69, 9.17) is 0 Å². The van der Waals surface area contributed by atoms with Gasteiger partial charge in [-0.1, -0.05) is 48.0 Å². The first-order valence-corrected chi connectivity index (χ1v) is 13.8. The zero-order valence-corrected chi connectivity index (χ0v) is 20.4. The highest BCUT2D eigenvalue weighted by molar-refractivity contribution is 7.93. The first kappa shape index (κ1) is 23.6. The Balaban J connectivity index is 1.64. The number of nitrogens with zero attached hydrogens (tertiary/aromatic N) is 2. The van der Waals surface area contributed by atoms with Gasteiger partial charge in [-0.3, -0.25) is 4.72 Å². The van der Waals surface area contributed by atoms with Crippen LogP contribution in [0.1, 0.15) is 11.1 Å². The van der Waals surface area contributed by atoms with Gasteiger partial charge >= 0.3 is 0 Å². The number of benzene rings is 3. The Hall–Kier alpha value is -3.54. The zero-order valence-electron chi connectivity index (χ0n) is 17.9. The predicted octanol–water partition coefficient (Wildman–Crippen LogP) is 4.50. The normalized spacial score (nSPS) is 12.3. The fourth-order valence-corrected chi connectivity index (χ4v) is 5.69. The van der Waals surface area contributed by atoms with Gasteiger partial charge in [-0.25, -0.2) is 13.4 Å². The Morgan fingerprint density at radius 2 is 1.50 bits per heavy atom. The Bertz CT molecular complexity index is 1500. The topological polar surface area (TPSA) is 118 Å². The summed E-state index contributed by atoms with van der Waals surface area (Å²) >= 11 is 1.17. The third kappa shape index (κ3) is 5.68. The van der Waals surface area contributed by atoms with Crippen LogP contribution in [0.5, 0.6) is 0 Å². The molecule has 1 aromatic heterocycles. The van der Waals surface area contributed by atoms with E-state index in [2.05, 4.69) is 19.4 Å². The summed E-state index contributed by atoms with van der Waals surface area (Å²) in [6.07, 6.45) is 1.50. The van der Waals surface area contributed by atoms with Crippen molar-refractivity contribution in [1.29, 1.82) is 0 Å². The highest BCUT2D eigenvalue weighted by Gasteiger charge is 2.18. The molecule has 4 rings (SSSR count). The van der Waals surface area contributed by atoms with E-state index in [1.54, 1.807) is 41.8 Å². The number of anilines is 2. The Kier molecular flexibility index (Phi) is 6.77. The van der Waals surface area contributed by atoms with E-state index in [9.17, 15) is 16.8 Å². The SMILES string of the molecule is Cc1ccc(S(=O)(=O)/N=C(\Nc2ccc(S(=O)(=O)Nc3nccs3)cc2)c2ccccc2)cc1. The standard InChI is InChI=1S/C23H20N4O4S3/c1-17-7-11-20(12-8-17)33(28,29)26-22(18-5-3-2-4-6-18)25-19-9-13-21(14-10-19)34(30,31)27-23-24-15-16-32-23/h2-16H,1H3,(H,24,27)(H,25,26). The summed E-state index contributed by atoms with van der Waals surface area (Å²) in [5.74, 6) is 0.109. The van der Waals surface area contributed by atoms with Crippen molar-refractivity contribution >= 4 is 48.0 Å². The van der Waals surface area contributed by atoms with E-state index in [-0.39, 0.29) is 20.8 Å². The lowest BCUT2D eigenvalue weighted by molar-refractivity contribution is 0.597. The smallest absolute Gasteiger partial charge is 0.284 e. The summed E-state index contributed by atoms with van der Waals surface area (Å²) in [4.78, 5) is 4.04. The molecule has 0 atom stereocenters. The summed E-state index contributed by atoms with van der Waals surface area (Å²) in [6.45, 7) is 1.87. The van der Waals surface area contributed by atoms with Crippen molar-refractivity contribution in [2.75, 3.05) is 10.0 Å². The molecule has 34 heavy (non-hydrogen) atoms. The average molecular weight is 513 g/mol. The highest BCUT2D eigenvalue weighted by Crippen LogP contribution is 2.21. The summed E-state index contributed by atoms with van der Waals surface area (Å²) < 4.78 is 57.4. The van der Waals surface area contributed by atoms with E-state index in [0.29, 0.717) is 11.3 Å². The molecular formula is C23H20N4O4S3. The number of amidine groups is 1. The van der Waals surface area contributed by atoms with E-state index in [1.165, 1.54) is 53.9 Å². The van der Waals surface area contributed by atoms with E-state index in [0.717, 1.165) is 5.56 Å². The second-order valence-electron chi connectivity index (χ2n) is 7.19. The highest BCUT2D eigenvalue weighted by atomic mass is 32.2. The van der Waals surface area contributed by atoms with Crippen LogP contribution in [-0.4, -0.2) is 27.7 Å². The largest absolute Gasteiger partial charge is 0.339 e.